The first-order valence-corrected chi connectivity index (χ1v) is 8.76. The lowest BCUT2D eigenvalue weighted by molar-refractivity contribution is -0.159. The second-order valence-electron chi connectivity index (χ2n) is 7.15. The molecule has 1 aromatic rings. The average Bonchev–Trinajstić information content (AvgIpc) is 2.73. The van der Waals surface area contributed by atoms with E-state index in [1.807, 2.05) is 42.5 Å². The van der Waals surface area contributed by atoms with Crippen molar-refractivity contribution in [3.8, 4) is 24.3 Å². The number of fused-ring (bicyclic) bond motifs is 2. The van der Waals surface area contributed by atoms with E-state index in [1.54, 1.807) is 0 Å². The van der Waals surface area contributed by atoms with E-state index in [-0.39, 0.29) is 0 Å². The average molecular weight is 340 g/mol. The van der Waals surface area contributed by atoms with Gasteiger partial charge in [-0.1, -0.05) is 35.9 Å². The minimum Gasteiger partial charge on any atom is -0.362 e. The molecule has 0 radical (unpaired) electrons. The first-order chi connectivity index (χ1) is 12.7. The van der Waals surface area contributed by atoms with Crippen LogP contribution in [0.4, 0.5) is 0 Å². The van der Waals surface area contributed by atoms with Gasteiger partial charge in [0.25, 0.3) is 0 Å². The van der Waals surface area contributed by atoms with E-state index in [4.69, 9.17) is 4.74 Å². The second-order valence-corrected chi connectivity index (χ2v) is 7.15. The van der Waals surface area contributed by atoms with E-state index in [2.05, 4.69) is 12.1 Å². The summed E-state index contributed by atoms with van der Waals surface area (Å²) in [5.74, 6) is -0.598. The first kappa shape index (κ1) is 16.4. The molecule has 2 aliphatic carbocycles. The largest absolute Gasteiger partial charge is 0.362 e. The van der Waals surface area contributed by atoms with E-state index < -0.39 is 29.0 Å². The van der Waals surface area contributed by atoms with Crippen LogP contribution in [-0.4, -0.2) is 6.10 Å². The Bertz CT molecular complexity index is 923. The molecule has 1 saturated heterocycles. The van der Waals surface area contributed by atoms with Crippen molar-refractivity contribution in [3.05, 3.63) is 47.0 Å². The Balaban J connectivity index is 2.02. The van der Waals surface area contributed by atoms with E-state index in [0.29, 0.717) is 0 Å². The lowest BCUT2D eigenvalue weighted by Crippen LogP contribution is -2.63. The molecule has 5 heteroatoms. The fourth-order valence-corrected chi connectivity index (χ4v) is 4.97. The van der Waals surface area contributed by atoms with Gasteiger partial charge in [-0.25, -0.2) is 0 Å². The van der Waals surface area contributed by atoms with E-state index >= 15 is 0 Å². The maximum absolute atomic E-state index is 10.1. The molecule has 1 unspecified atom stereocenters. The van der Waals surface area contributed by atoms with Crippen molar-refractivity contribution in [2.24, 2.45) is 16.7 Å². The van der Waals surface area contributed by atoms with Gasteiger partial charge in [0.2, 0.25) is 5.41 Å². The van der Waals surface area contributed by atoms with Crippen molar-refractivity contribution in [1.29, 1.82) is 21.0 Å². The monoisotopic (exact) mass is 340 g/mol. The fraction of sp³-hybridized carbons (Fsp3) is 0.429. The number of nitriles is 4. The molecule has 26 heavy (non-hydrogen) atoms. The summed E-state index contributed by atoms with van der Waals surface area (Å²) in [6.45, 7) is 0. The van der Waals surface area contributed by atoms with E-state index in [0.717, 1.165) is 42.4 Å². The predicted molar refractivity (Wildman–Crippen MR) is 90.4 cm³/mol. The van der Waals surface area contributed by atoms with Crippen molar-refractivity contribution in [1.82, 2.24) is 0 Å². The quantitative estimate of drug-likeness (QED) is 0.725. The molecule has 0 saturated carbocycles. The van der Waals surface area contributed by atoms with Crippen LogP contribution in [0, 0.1) is 62.1 Å². The molecule has 1 aromatic carbocycles. The standard InChI is InChI=1S/C21H16N4O/c22-10-20(11-23)17-15-8-4-5-9-16(15)19(21(20,12-24)13-25)26-18(17)14-6-2-1-3-7-14/h1-3,6-7,17-19H,4-5,8-9H2/t17-,18-,19?/m1/s1. The molecule has 0 N–H and O–H groups in total. The molecule has 4 aliphatic rings. The third-order valence-electron chi connectivity index (χ3n) is 6.15. The van der Waals surface area contributed by atoms with Gasteiger partial charge in [-0.2, -0.15) is 21.0 Å². The van der Waals surface area contributed by atoms with Crippen molar-refractivity contribution in [2.75, 3.05) is 0 Å². The third-order valence-corrected chi connectivity index (χ3v) is 6.15. The van der Waals surface area contributed by atoms with Crippen molar-refractivity contribution < 1.29 is 4.74 Å². The molecule has 2 heterocycles. The van der Waals surface area contributed by atoms with Crippen LogP contribution in [0.2, 0.25) is 0 Å². The highest BCUT2D eigenvalue weighted by Gasteiger charge is 2.73. The Morgan fingerprint density at radius 2 is 1.38 bits per heavy atom. The van der Waals surface area contributed by atoms with Gasteiger partial charge in [-0.05, 0) is 36.8 Å². The number of ether oxygens (including phenoxy) is 1. The summed E-state index contributed by atoms with van der Waals surface area (Å²) in [6, 6.07) is 17.8. The summed E-state index contributed by atoms with van der Waals surface area (Å²) in [5.41, 5.74) is -0.638. The lowest BCUT2D eigenvalue weighted by Gasteiger charge is -2.57. The van der Waals surface area contributed by atoms with Gasteiger partial charge in [-0.15, -0.1) is 0 Å². The summed E-state index contributed by atoms with van der Waals surface area (Å²) >= 11 is 0. The molecule has 0 spiro atoms. The Hall–Kier alpha value is -3.12. The molecule has 5 rings (SSSR count). The minimum atomic E-state index is -1.80. The molecule has 0 amide bonds. The Morgan fingerprint density at radius 3 is 1.96 bits per heavy atom. The highest BCUT2D eigenvalue weighted by molar-refractivity contribution is 5.52. The lowest BCUT2D eigenvalue weighted by atomic mass is 9.46. The summed E-state index contributed by atoms with van der Waals surface area (Å²) in [4.78, 5) is 0. The topological polar surface area (TPSA) is 104 Å². The van der Waals surface area contributed by atoms with Gasteiger partial charge in [0.1, 0.15) is 6.10 Å². The van der Waals surface area contributed by atoms with Crippen molar-refractivity contribution in [2.45, 2.75) is 37.9 Å². The van der Waals surface area contributed by atoms with Crippen LogP contribution in [0.3, 0.4) is 0 Å². The second kappa shape index (κ2) is 5.71. The Kier molecular flexibility index (Phi) is 3.59. The smallest absolute Gasteiger partial charge is 0.205 e. The highest BCUT2D eigenvalue weighted by atomic mass is 16.5. The van der Waals surface area contributed by atoms with Crippen LogP contribution in [-0.2, 0) is 4.74 Å². The van der Waals surface area contributed by atoms with Gasteiger partial charge in [0.05, 0.1) is 30.4 Å². The van der Waals surface area contributed by atoms with E-state index in [1.165, 1.54) is 0 Å². The first-order valence-electron chi connectivity index (χ1n) is 8.76. The highest BCUT2D eigenvalue weighted by Crippen LogP contribution is 2.66. The maximum atomic E-state index is 10.1. The molecule has 2 bridgehead atoms. The van der Waals surface area contributed by atoms with Crippen LogP contribution in [0.25, 0.3) is 0 Å². The molecule has 126 valence electrons. The number of rotatable bonds is 1. The van der Waals surface area contributed by atoms with Crippen LogP contribution in [0.15, 0.2) is 41.5 Å². The van der Waals surface area contributed by atoms with Gasteiger partial charge < -0.3 is 4.74 Å². The fourth-order valence-electron chi connectivity index (χ4n) is 4.97. The summed E-state index contributed by atoms with van der Waals surface area (Å²) in [6.07, 6.45) is 2.19. The maximum Gasteiger partial charge on any atom is 0.205 e. The van der Waals surface area contributed by atoms with Crippen LogP contribution < -0.4 is 0 Å². The summed E-state index contributed by atoms with van der Waals surface area (Å²) in [5, 5.41) is 40.0. The summed E-state index contributed by atoms with van der Waals surface area (Å²) in [7, 11) is 0. The Labute approximate surface area is 152 Å². The molecule has 0 aromatic heterocycles. The Morgan fingerprint density at radius 1 is 0.808 bits per heavy atom. The number of hydrogen-bond acceptors (Lipinski definition) is 5. The van der Waals surface area contributed by atoms with Crippen molar-refractivity contribution in [3.63, 3.8) is 0 Å². The zero-order valence-electron chi connectivity index (χ0n) is 14.1. The normalized spacial score (nSPS) is 30.2. The van der Waals surface area contributed by atoms with Gasteiger partial charge in [0, 0.05) is 5.92 Å². The van der Waals surface area contributed by atoms with Crippen LogP contribution in [0.5, 0.6) is 0 Å². The predicted octanol–water partition coefficient (Wildman–Crippen LogP) is 3.69. The number of hydrogen-bond donors (Lipinski definition) is 0. The SMILES string of the molecule is N#CC1(C#N)C2O[C@H](c3ccccc3)[C@@H](C3=C2CCCC3)C1(C#N)C#N. The zero-order valence-corrected chi connectivity index (χ0v) is 14.1. The number of nitrogens with zero attached hydrogens (tertiary/aromatic N) is 4. The van der Waals surface area contributed by atoms with Crippen molar-refractivity contribution >= 4 is 0 Å². The minimum absolute atomic E-state index is 0.493. The van der Waals surface area contributed by atoms with Gasteiger partial charge in [0.15, 0.2) is 5.41 Å². The molecule has 5 nitrogen and oxygen atoms in total. The number of benzene rings is 1. The molecular weight excluding hydrogens is 324 g/mol. The summed E-state index contributed by atoms with van der Waals surface area (Å²) < 4.78 is 6.29. The molecule has 3 atom stereocenters. The van der Waals surface area contributed by atoms with Crippen LogP contribution >= 0.6 is 0 Å². The molecule has 2 aliphatic heterocycles. The zero-order chi connectivity index (χ0) is 18.4. The van der Waals surface area contributed by atoms with E-state index in [9.17, 15) is 21.0 Å². The molecule has 1 fully saturated rings. The molecular formula is C21H16N4O. The van der Waals surface area contributed by atoms with Crippen LogP contribution in [0.1, 0.15) is 37.4 Å². The third kappa shape index (κ3) is 1.74. The van der Waals surface area contributed by atoms with Gasteiger partial charge >= 0.3 is 0 Å². The van der Waals surface area contributed by atoms with Gasteiger partial charge in [-0.3, -0.25) is 0 Å².